The highest BCUT2D eigenvalue weighted by molar-refractivity contribution is 7.89. The third kappa shape index (κ3) is 4.94. The first kappa shape index (κ1) is 23.3. The molecule has 1 fully saturated rings. The number of furan rings is 1. The van der Waals surface area contributed by atoms with E-state index in [9.17, 15) is 13.2 Å². The molecule has 2 aromatic rings. The molecular formula is C22H32N4O4S. The maximum absolute atomic E-state index is 13.1. The van der Waals surface area contributed by atoms with Crippen molar-refractivity contribution in [1.29, 1.82) is 0 Å². The van der Waals surface area contributed by atoms with Gasteiger partial charge in [0.05, 0.1) is 22.5 Å². The molecule has 0 unspecified atom stereocenters. The molecule has 1 aliphatic heterocycles. The molecule has 0 spiro atoms. The molecule has 2 heterocycles. The number of likely N-dealkylation sites (N-methyl/N-ethyl adjacent to an activating group) is 1. The van der Waals surface area contributed by atoms with E-state index in [1.54, 1.807) is 31.2 Å². The van der Waals surface area contributed by atoms with Gasteiger partial charge < -0.3 is 19.5 Å². The lowest BCUT2D eigenvalue weighted by atomic mass is 10.2. The lowest BCUT2D eigenvalue weighted by Crippen LogP contribution is -2.46. The minimum atomic E-state index is -3.65. The van der Waals surface area contributed by atoms with Gasteiger partial charge in [-0.05, 0) is 37.7 Å². The largest absolute Gasteiger partial charge is 0.459 e. The smallest absolute Gasteiger partial charge is 0.291 e. The number of hydrogen-bond donors (Lipinski definition) is 1. The fourth-order valence-corrected chi connectivity index (χ4v) is 5.34. The summed E-state index contributed by atoms with van der Waals surface area (Å²) in [4.78, 5) is 17.6. The molecule has 1 aromatic heterocycles. The van der Waals surface area contributed by atoms with Crippen LogP contribution in [0.15, 0.2) is 39.8 Å². The number of nitrogens with zero attached hydrogens (tertiary/aromatic N) is 3. The van der Waals surface area contributed by atoms with Crippen LogP contribution in [0.4, 0.5) is 11.4 Å². The second kappa shape index (κ2) is 9.84. The van der Waals surface area contributed by atoms with Gasteiger partial charge in [0.15, 0.2) is 5.76 Å². The Bertz CT molecular complexity index is 1010. The third-order valence-electron chi connectivity index (χ3n) is 5.79. The first-order valence-corrected chi connectivity index (χ1v) is 12.2. The Labute approximate surface area is 184 Å². The van der Waals surface area contributed by atoms with E-state index in [0.29, 0.717) is 18.8 Å². The highest BCUT2D eigenvalue weighted by Crippen LogP contribution is 2.31. The van der Waals surface area contributed by atoms with E-state index in [1.807, 2.05) is 13.8 Å². The fraction of sp³-hybridized carbons (Fsp3) is 0.500. The lowest BCUT2D eigenvalue weighted by molar-refractivity contribution is 0.0996. The van der Waals surface area contributed by atoms with Crippen molar-refractivity contribution in [3.8, 4) is 0 Å². The van der Waals surface area contributed by atoms with Crippen LogP contribution in [0.3, 0.4) is 0 Å². The van der Waals surface area contributed by atoms with Crippen LogP contribution in [-0.4, -0.2) is 69.3 Å². The van der Waals surface area contributed by atoms with E-state index in [2.05, 4.69) is 22.0 Å². The molecule has 0 bridgehead atoms. The molecular weight excluding hydrogens is 416 g/mol. The maximum Gasteiger partial charge on any atom is 0.291 e. The Morgan fingerprint density at radius 1 is 1.10 bits per heavy atom. The number of amides is 1. The summed E-state index contributed by atoms with van der Waals surface area (Å²) >= 11 is 0. The molecule has 1 saturated heterocycles. The zero-order valence-electron chi connectivity index (χ0n) is 18.7. The maximum atomic E-state index is 13.1. The molecule has 1 aliphatic rings. The van der Waals surface area contributed by atoms with Gasteiger partial charge in [-0.2, -0.15) is 4.31 Å². The van der Waals surface area contributed by atoms with Crippen molar-refractivity contribution in [3.63, 3.8) is 0 Å². The number of aryl methyl sites for hydroxylation is 1. The van der Waals surface area contributed by atoms with Gasteiger partial charge in [0.2, 0.25) is 10.0 Å². The molecule has 170 valence electrons. The molecule has 0 radical (unpaired) electrons. The summed E-state index contributed by atoms with van der Waals surface area (Å²) in [6.07, 6.45) is 1.47. The van der Waals surface area contributed by atoms with Crippen LogP contribution >= 0.6 is 0 Å². The molecule has 0 atom stereocenters. The van der Waals surface area contributed by atoms with E-state index in [-0.39, 0.29) is 10.7 Å². The number of rotatable bonds is 8. The number of hydrogen-bond acceptors (Lipinski definition) is 6. The summed E-state index contributed by atoms with van der Waals surface area (Å²) in [5.74, 6) is -0.174. The molecule has 9 heteroatoms. The lowest BCUT2D eigenvalue weighted by Gasteiger charge is -2.36. The van der Waals surface area contributed by atoms with Crippen molar-refractivity contribution in [2.45, 2.75) is 32.6 Å². The van der Waals surface area contributed by atoms with Crippen molar-refractivity contribution in [1.82, 2.24) is 9.21 Å². The number of anilines is 2. The SMILES string of the molecule is CCN1CCN(c2ccc(S(=O)(=O)N(CC)CC)cc2NC(=O)c2occc2C)CC1. The van der Waals surface area contributed by atoms with Gasteiger partial charge in [-0.25, -0.2) is 8.42 Å². The van der Waals surface area contributed by atoms with E-state index in [1.165, 1.54) is 10.6 Å². The highest BCUT2D eigenvalue weighted by atomic mass is 32.2. The monoisotopic (exact) mass is 448 g/mol. The van der Waals surface area contributed by atoms with Gasteiger partial charge in [0.25, 0.3) is 5.91 Å². The quantitative estimate of drug-likeness (QED) is 0.668. The van der Waals surface area contributed by atoms with Crippen molar-refractivity contribution >= 4 is 27.3 Å². The van der Waals surface area contributed by atoms with Crippen LogP contribution in [0.2, 0.25) is 0 Å². The number of sulfonamides is 1. The normalized spacial score (nSPS) is 15.5. The van der Waals surface area contributed by atoms with E-state index in [4.69, 9.17) is 4.42 Å². The van der Waals surface area contributed by atoms with Crippen molar-refractivity contribution < 1.29 is 17.6 Å². The summed E-state index contributed by atoms with van der Waals surface area (Å²) in [7, 11) is -3.65. The number of carbonyl (C=O) groups excluding carboxylic acids is 1. The average molecular weight is 449 g/mol. The Hall–Kier alpha value is -2.36. The second-order valence-electron chi connectivity index (χ2n) is 7.58. The summed E-state index contributed by atoms with van der Waals surface area (Å²) in [6, 6.07) is 6.71. The molecule has 1 amide bonds. The van der Waals surface area contributed by atoms with Crippen molar-refractivity contribution in [2.75, 3.05) is 56.0 Å². The molecule has 1 N–H and O–H groups in total. The molecule has 3 rings (SSSR count). The molecule has 0 saturated carbocycles. The van der Waals surface area contributed by atoms with Gasteiger partial charge in [-0.3, -0.25) is 4.79 Å². The number of carbonyl (C=O) groups is 1. The summed E-state index contributed by atoms with van der Waals surface area (Å²) in [5, 5.41) is 2.89. The Kier molecular flexibility index (Phi) is 7.40. The number of piperazine rings is 1. The van der Waals surface area contributed by atoms with Gasteiger partial charge >= 0.3 is 0 Å². The van der Waals surface area contributed by atoms with Crippen LogP contribution in [0, 0.1) is 6.92 Å². The van der Waals surface area contributed by atoms with E-state index in [0.717, 1.165) is 44.0 Å². The highest BCUT2D eigenvalue weighted by Gasteiger charge is 2.26. The van der Waals surface area contributed by atoms with Crippen molar-refractivity contribution in [3.05, 3.63) is 41.9 Å². The Morgan fingerprint density at radius 2 is 1.77 bits per heavy atom. The van der Waals surface area contributed by atoms with E-state index >= 15 is 0 Å². The summed E-state index contributed by atoms with van der Waals surface area (Å²) < 4.78 is 32.8. The molecule has 8 nitrogen and oxygen atoms in total. The summed E-state index contributed by atoms with van der Waals surface area (Å²) in [5.41, 5.74) is 2.01. The van der Waals surface area contributed by atoms with Crippen LogP contribution < -0.4 is 10.2 Å². The molecule has 1 aromatic carbocycles. The average Bonchev–Trinajstić information content (AvgIpc) is 3.20. The molecule has 0 aliphatic carbocycles. The van der Waals surface area contributed by atoms with Crippen LogP contribution in [0.5, 0.6) is 0 Å². The Morgan fingerprint density at radius 3 is 2.32 bits per heavy atom. The topological polar surface area (TPSA) is 86.1 Å². The van der Waals surface area contributed by atoms with Gasteiger partial charge in [-0.1, -0.05) is 20.8 Å². The van der Waals surface area contributed by atoms with Gasteiger partial charge in [0, 0.05) is 44.8 Å². The second-order valence-corrected chi connectivity index (χ2v) is 9.51. The summed E-state index contributed by atoms with van der Waals surface area (Å²) in [6.45, 7) is 12.8. The first-order chi connectivity index (χ1) is 14.8. The van der Waals surface area contributed by atoms with Crippen LogP contribution in [0.25, 0.3) is 0 Å². The third-order valence-corrected chi connectivity index (χ3v) is 7.83. The standard InChI is InChI=1S/C22H32N4O4S/c1-5-24-11-13-25(14-12-24)20-9-8-18(31(28,29)26(6-2)7-3)16-19(20)23-22(27)21-17(4)10-15-30-21/h8-10,15-16H,5-7,11-14H2,1-4H3,(H,23,27). The first-order valence-electron chi connectivity index (χ1n) is 10.8. The predicted molar refractivity (Wildman–Crippen MR) is 122 cm³/mol. The van der Waals surface area contributed by atoms with Gasteiger partial charge in [0.1, 0.15) is 0 Å². The number of benzene rings is 1. The zero-order valence-corrected chi connectivity index (χ0v) is 19.5. The van der Waals surface area contributed by atoms with E-state index < -0.39 is 15.9 Å². The minimum Gasteiger partial charge on any atom is -0.459 e. The number of nitrogens with one attached hydrogen (secondary N) is 1. The fourth-order valence-electron chi connectivity index (χ4n) is 3.85. The van der Waals surface area contributed by atoms with Gasteiger partial charge in [-0.15, -0.1) is 0 Å². The minimum absolute atomic E-state index is 0.165. The predicted octanol–water partition coefficient (Wildman–Crippen LogP) is 3.01. The van der Waals surface area contributed by atoms with Crippen molar-refractivity contribution in [2.24, 2.45) is 0 Å². The van der Waals surface area contributed by atoms with Crippen LogP contribution in [-0.2, 0) is 10.0 Å². The zero-order chi connectivity index (χ0) is 22.6. The molecule has 31 heavy (non-hydrogen) atoms. The van der Waals surface area contributed by atoms with Crippen LogP contribution in [0.1, 0.15) is 36.9 Å². The Balaban J connectivity index is 1.98.